The molecule has 1 atom stereocenters. The third-order valence-corrected chi connectivity index (χ3v) is 3.02. The highest BCUT2D eigenvalue weighted by Gasteiger charge is 2.30. The fourth-order valence-electron chi connectivity index (χ4n) is 1.45. The van der Waals surface area contributed by atoms with Gasteiger partial charge in [0.1, 0.15) is 0 Å². The summed E-state index contributed by atoms with van der Waals surface area (Å²) in [5, 5.41) is 2.94. The van der Waals surface area contributed by atoms with Gasteiger partial charge in [-0.05, 0) is 20.4 Å². The molecule has 1 N–H and O–H groups in total. The Morgan fingerprint density at radius 3 is 2.92 bits per heavy atom. The van der Waals surface area contributed by atoms with Crippen molar-refractivity contribution in [2.24, 2.45) is 0 Å². The molecule has 70 valence electrons. The molecule has 0 aromatic carbocycles. The molecule has 1 aliphatic heterocycles. The first-order valence-electron chi connectivity index (χ1n) is 4.56. The second-order valence-corrected chi connectivity index (χ2v) is 3.80. The van der Waals surface area contributed by atoms with Gasteiger partial charge in [0, 0.05) is 25.0 Å². The van der Waals surface area contributed by atoms with E-state index in [4.69, 9.17) is 0 Å². The number of nitrogens with zero attached hydrogens (tertiary/aromatic N) is 1. The van der Waals surface area contributed by atoms with E-state index in [1.165, 1.54) is 0 Å². The van der Waals surface area contributed by atoms with E-state index >= 15 is 0 Å². The van der Waals surface area contributed by atoms with Crippen molar-refractivity contribution in [1.82, 2.24) is 10.2 Å². The minimum absolute atomic E-state index is 0.145. The molecule has 0 saturated carbocycles. The molecular formula is C9H18N2O. The average Bonchev–Trinajstić information content (AvgIpc) is 2.19. The maximum absolute atomic E-state index is 11.1. The van der Waals surface area contributed by atoms with Gasteiger partial charge in [-0.25, -0.2) is 0 Å². The quantitative estimate of drug-likeness (QED) is 0.625. The van der Waals surface area contributed by atoms with Crippen molar-refractivity contribution in [3.05, 3.63) is 0 Å². The van der Waals surface area contributed by atoms with Gasteiger partial charge in [-0.1, -0.05) is 6.92 Å². The summed E-state index contributed by atoms with van der Waals surface area (Å²) >= 11 is 0. The second-order valence-electron chi connectivity index (χ2n) is 3.80. The molecule has 12 heavy (non-hydrogen) atoms. The van der Waals surface area contributed by atoms with E-state index in [1.807, 2.05) is 0 Å². The number of likely N-dealkylation sites (N-methyl/N-ethyl adjacent to an activating group) is 1. The third-order valence-electron chi connectivity index (χ3n) is 3.02. The number of amides is 1. The summed E-state index contributed by atoms with van der Waals surface area (Å²) in [4.78, 5) is 13.4. The Bertz CT molecular complexity index is 181. The molecule has 3 nitrogen and oxygen atoms in total. The highest BCUT2D eigenvalue weighted by atomic mass is 16.1. The van der Waals surface area contributed by atoms with Crippen LogP contribution in [0.5, 0.6) is 0 Å². The summed E-state index contributed by atoms with van der Waals surface area (Å²) in [5.74, 6) is 0.180. The predicted molar refractivity (Wildman–Crippen MR) is 49.0 cm³/mol. The van der Waals surface area contributed by atoms with Gasteiger partial charge >= 0.3 is 0 Å². The van der Waals surface area contributed by atoms with Gasteiger partial charge in [0.05, 0.1) is 0 Å². The molecule has 0 aromatic heterocycles. The van der Waals surface area contributed by atoms with Crippen LogP contribution in [0.15, 0.2) is 0 Å². The van der Waals surface area contributed by atoms with E-state index < -0.39 is 0 Å². The molecule has 1 amide bonds. The van der Waals surface area contributed by atoms with E-state index in [0.717, 1.165) is 19.5 Å². The molecular weight excluding hydrogens is 152 g/mol. The van der Waals surface area contributed by atoms with Gasteiger partial charge in [-0.2, -0.15) is 0 Å². The van der Waals surface area contributed by atoms with Crippen molar-refractivity contribution in [3.8, 4) is 0 Å². The van der Waals surface area contributed by atoms with Crippen LogP contribution in [-0.2, 0) is 4.79 Å². The van der Waals surface area contributed by atoms with Crippen molar-refractivity contribution in [3.63, 3.8) is 0 Å². The lowest BCUT2D eigenvalue weighted by molar-refractivity contribution is -0.120. The smallest absolute Gasteiger partial charge is 0.221 e. The number of nitrogens with one attached hydrogen (secondary N) is 1. The van der Waals surface area contributed by atoms with E-state index in [2.05, 4.69) is 31.1 Å². The van der Waals surface area contributed by atoms with Gasteiger partial charge in [0.2, 0.25) is 5.91 Å². The molecule has 1 unspecified atom stereocenters. The Balaban J connectivity index is 2.68. The SMILES string of the molecule is CCC1(C)CNC(=O)CCN1C. The first-order chi connectivity index (χ1) is 5.58. The molecule has 1 rings (SSSR count). The zero-order valence-electron chi connectivity index (χ0n) is 8.18. The molecule has 3 heteroatoms. The monoisotopic (exact) mass is 170 g/mol. The van der Waals surface area contributed by atoms with Crippen LogP contribution in [-0.4, -0.2) is 36.5 Å². The largest absolute Gasteiger partial charge is 0.354 e. The van der Waals surface area contributed by atoms with Crippen LogP contribution in [0, 0.1) is 0 Å². The Labute approximate surface area is 74.1 Å². The van der Waals surface area contributed by atoms with Crippen LogP contribution in [0.25, 0.3) is 0 Å². The maximum Gasteiger partial charge on any atom is 0.221 e. The molecule has 1 fully saturated rings. The van der Waals surface area contributed by atoms with E-state index in [0.29, 0.717) is 6.42 Å². The molecule has 0 spiro atoms. The van der Waals surface area contributed by atoms with Crippen molar-refractivity contribution in [2.75, 3.05) is 20.1 Å². The highest BCUT2D eigenvalue weighted by molar-refractivity contribution is 5.76. The highest BCUT2D eigenvalue weighted by Crippen LogP contribution is 2.18. The zero-order chi connectivity index (χ0) is 9.19. The first kappa shape index (κ1) is 9.52. The van der Waals surface area contributed by atoms with Crippen LogP contribution in [0.1, 0.15) is 26.7 Å². The maximum atomic E-state index is 11.1. The lowest BCUT2D eigenvalue weighted by Crippen LogP contribution is -2.48. The lowest BCUT2D eigenvalue weighted by atomic mass is 9.97. The number of hydrogen-bond donors (Lipinski definition) is 1. The van der Waals surface area contributed by atoms with Gasteiger partial charge in [0.15, 0.2) is 0 Å². The summed E-state index contributed by atoms with van der Waals surface area (Å²) in [6.45, 7) is 6.00. The third kappa shape index (κ3) is 1.78. The zero-order valence-corrected chi connectivity index (χ0v) is 8.18. The fraction of sp³-hybridized carbons (Fsp3) is 0.889. The predicted octanol–water partition coefficient (Wildman–Crippen LogP) is 0.607. The second kappa shape index (κ2) is 3.44. The Kier molecular flexibility index (Phi) is 2.73. The van der Waals surface area contributed by atoms with Gasteiger partial charge in [-0.3, -0.25) is 9.69 Å². The topological polar surface area (TPSA) is 32.3 Å². The van der Waals surface area contributed by atoms with E-state index in [-0.39, 0.29) is 11.4 Å². The molecule has 0 aromatic rings. The molecule has 0 aliphatic carbocycles. The summed E-state index contributed by atoms with van der Waals surface area (Å²) in [6.07, 6.45) is 1.70. The lowest BCUT2D eigenvalue weighted by Gasteiger charge is -2.36. The van der Waals surface area contributed by atoms with Crippen molar-refractivity contribution in [2.45, 2.75) is 32.2 Å². The summed E-state index contributed by atoms with van der Waals surface area (Å²) < 4.78 is 0. The molecule has 0 bridgehead atoms. The Hall–Kier alpha value is -0.570. The Morgan fingerprint density at radius 1 is 1.67 bits per heavy atom. The molecule has 1 aliphatic rings. The van der Waals surface area contributed by atoms with Crippen LogP contribution in [0.2, 0.25) is 0 Å². The number of hydrogen-bond acceptors (Lipinski definition) is 2. The molecule has 0 radical (unpaired) electrons. The number of carbonyl (C=O) groups is 1. The number of carbonyl (C=O) groups excluding carboxylic acids is 1. The van der Waals surface area contributed by atoms with Crippen LogP contribution in [0.4, 0.5) is 0 Å². The average molecular weight is 170 g/mol. The van der Waals surface area contributed by atoms with Gasteiger partial charge in [-0.15, -0.1) is 0 Å². The normalized spacial score (nSPS) is 32.8. The summed E-state index contributed by atoms with van der Waals surface area (Å²) in [6, 6.07) is 0. The van der Waals surface area contributed by atoms with Crippen molar-refractivity contribution < 1.29 is 4.79 Å². The Morgan fingerprint density at radius 2 is 2.33 bits per heavy atom. The van der Waals surface area contributed by atoms with Crippen LogP contribution >= 0.6 is 0 Å². The van der Waals surface area contributed by atoms with Crippen LogP contribution in [0.3, 0.4) is 0 Å². The standard InChI is InChI=1S/C9H18N2O/c1-4-9(2)7-10-8(12)5-6-11(9)3/h4-7H2,1-3H3,(H,10,12). The van der Waals surface area contributed by atoms with Gasteiger partial charge in [0.25, 0.3) is 0 Å². The molecule has 1 heterocycles. The van der Waals surface area contributed by atoms with Gasteiger partial charge < -0.3 is 5.32 Å². The first-order valence-corrected chi connectivity index (χ1v) is 4.56. The summed E-state index contributed by atoms with van der Waals surface area (Å²) in [7, 11) is 2.09. The van der Waals surface area contributed by atoms with Crippen molar-refractivity contribution >= 4 is 5.91 Å². The van der Waals surface area contributed by atoms with Crippen LogP contribution < -0.4 is 5.32 Å². The fourth-order valence-corrected chi connectivity index (χ4v) is 1.45. The minimum Gasteiger partial charge on any atom is -0.354 e. The molecule has 1 saturated heterocycles. The van der Waals surface area contributed by atoms with E-state index in [1.54, 1.807) is 0 Å². The number of rotatable bonds is 1. The van der Waals surface area contributed by atoms with E-state index in [9.17, 15) is 4.79 Å². The summed E-state index contributed by atoms with van der Waals surface area (Å²) in [5.41, 5.74) is 0.145. The van der Waals surface area contributed by atoms with Crippen molar-refractivity contribution in [1.29, 1.82) is 0 Å². The minimum atomic E-state index is 0.145.